The van der Waals surface area contributed by atoms with Gasteiger partial charge < -0.3 is 9.84 Å². The molecule has 36 heavy (non-hydrogen) atoms. The highest BCUT2D eigenvalue weighted by atomic mass is 16.5. The van der Waals surface area contributed by atoms with Crippen LogP contribution in [-0.2, 0) is 15.0 Å². The number of aryl methyl sites for hydroxylation is 1. The number of methoxy groups -OCH3 is 1. The Morgan fingerprint density at radius 1 is 1.00 bits per heavy atom. The van der Waals surface area contributed by atoms with Gasteiger partial charge >= 0.3 is 0 Å². The number of hydrogen-bond donors (Lipinski definition) is 1. The number of aliphatic hydroxyl groups excluding tert-OH is 1. The van der Waals surface area contributed by atoms with E-state index in [9.17, 15) is 20.0 Å². The monoisotopic (exact) mass is 480 g/mol. The topological polar surface area (TPSA) is 90.6 Å². The lowest BCUT2D eigenvalue weighted by Crippen LogP contribution is -2.29. The summed E-state index contributed by atoms with van der Waals surface area (Å²) in [5, 5.41) is 20.6. The fraction of sp³-hybridized carbons (Fsp3) is 0.233. The van der Waals surface area contributed by atoms with Crippen molar-refractivity contribution in [1.29, 1.82) is 5.26 Å². The lowest BCUT2D eigenvalue weighted by Gasteiger charge is -2.26. The van der Waals surface area contributed by atoms with Gasteiger partial charge in [-0.05, 0) is 59.9 Å². The number of carbonyl (C=O) groups excluding carboxylic acids is 2. The van der Waals surface area contributed by atoms with Gasteiger partial charge in [0.1, 0.15) is 11.5 Å². The maximum absolute atomic E-state index is 13.4. The van der Waals surface area contributed by atoms with Crippen molar-refractivity contribution in [1.82, 2.24) is 0 Å². The Balaban J connectivity index is 1.96. The van der Waals surface area contributed by atoms with Gasteiger partial charge in [0, 0.05) is 5.69 Å². The van der Waals surface area contributed by atoms with Crippen LogP contribution in [0.5, 0.6) is 5.75 Å². The Morgan fingerprint density at radius 3 is 2.19 bits per heavy atom. The Labute approximate surface area is 211 Å². The van der Waals surface area contributed by atoms with Crippen molar-refractivity contribution in [3.63, 3.8) is 0 Å². The molecule has 1 aliphatic rings. The van der Waals surface area contributed by atoms with Gasteiger partial charge in [0.2, 0.25) is 0 Å². The zero-order valence-electron chi connectivity index (χ0n) is 21.0. The summed E-state index contributed by atoms with van der Waals surface area (Å²) in [7, 11) is 1.49. The van der Waals surface area contributed by atoms with Crippen LogP contribution in [0.25, 0.3) is 5.76 Å². The number of benzene rings is 3. The van der Waals surface area contributed by atoms with E-state index >= 15 is 0 Å². The molecule has 4 rings (SSSR count). The molecule has 1 N–H and O–H groups in total. The summed E-state index contributed by atoms with van der Waals surface area (Å²) in [6, 6.07) is 20.6. The van der Waals surface area contributed by atoms with Crippen LogP contribution >= 0.6 is 0 Å². The lowest BCUT2D eigenvalue weighted by molar-refractivity contribution is -0.132. The second-order valence-corrected chi connectivity index (χ2v) is 9.90. The molecule has 1 atom stereocenters. The van der Waals surface area contributed by atoms with Crippen molar-refractivity contribution in [3.8, 4) is 11.8 Å². The van der Waals surface area contributed by atoms with Gasteiger partial charge in [-0.15, -0.1) is 0 Å². The van der Waals surface area contributed by atoms with E-state index in [0.717, 1.165) is 11.1 Å². The molecule has 1 saturated heterocycles. The fourth-order valence-corrected chi connectivity index (χ4v) is 4.43. The molecule has 0 spiro atoms. The average Bonchev–Trinajstić information content (AvgIpc) is 3.13. The number of Topliss-reactive ketones (excluding diaryl/α,β-unsaturated/α-hetero) is 1. The predicted molar refractivity (Wildman–Crippen MR) is 139 cm³/mol. The molecule has 182 valence electrons. The molecule has 0 bridgehead atoms. The smallest absolute Gasteiger partial charge is 0.300 e. The average molecular weight is 481 g/mol. The number of rotatable bonds is 4. The van der Waals surface area contributed by atoms with Gasteiger partial charge in [0.25, 0.3) is 11.7 Å². The van der Waals surface area contributed by atoms with E-state index in [4.69, 9.17) is 4.74 Å². The van der Waals surface area contributed by atoms with E-state index in [0.29, 0.717) is 28.1 Å². The van der Waals surface area contributed by atoms with E-state index in [1.165, 1.54) is 12.0 Å². The van der Waals surface area contributed by atoms with E-state index < -0.39 is 17.7 Å². The molecule has 1 fully saturated rings. The Hall–Kier alpha value is -4.37. The van der Waals surface area contributed by atoms with Gasteiger partial charge in [-0.3, -0.25) is 14.5 Å². The van der Waals surface area contributed by atoms with Gasteiger partial charge in [0.05, 0.1) is 35.9 Å². The zero-order chi connectivity index (χ0) is 26.2. The number of nitrogens with zero attached hydrogens (tertiary/aromatic N) is 2. The van der Waals surface area contributed by atoms with E-state index in [1.54, 1.807) is 36.4 Å². The van der Waals surface area contributed by atoms with E-state index in [-0.39, 0.29) is 16.7 Å². The van der Waals surface area contributed by atoms with Crippen LogP contribution in [-0.4, -0.2) is 23.9 Å². The first-order valence-corrected chi connectivity index (χ1v) is 11.6. The number of aliphatic hydroxyl groups is 1. The van der Waals surface area contributed by atoms with E-state index in [1.807, 2.05) is 37.3 Å². The van der Waals surface area contributed by atoms with Gasteiger partial charge in [0.15, 0.2) is 0 Å². The summed E-state index contributed by atoms with van der Waals surface area (Å²) in [5.74, 6) is -1.44. The maximum atomic E-state index is 13.4. The Kier molecular flexibility index (Phi) is 6.43. The molecule has 0 aliphatic carbocycles. The second kappa shape index (κ2) is 9.35. The standard InChI is InChI=1S/C30H28N2O4/c1-18-6-15-24(36-5)23(16-18)27(33)25-26(20-9-11-21(12-10-20)30(2,3)4)32(29(35)28(25)34)22-13-7-19(17-31)8-14-22/h6-16,26,33H,1-5H3/b27-25+. The first kappa shape index (κ1) is 24.7. The number of nitriles is 1. The van der Waals surface area contributed by atoms with Crippen LogP contribution in [0.15, 0.2) is 72.3 Å². The summed E-state index contributed by atoms with van der Waals surface area (Å²) in [6.07, 6.45) is 0. The molecule has 0 aromatic heterocycles. The van der Waals surface area contributed by atoms with Crippen molar-refractivity contribution in [3.05, 3.63) is 100 Å². The molecular formula is C30H28N2O4. The van der Waals surface area contributed by atoms with Gasteiger partial charge in [-0.2, -0.15) is 5.26 Å². The number of ether oxygens (including phenoxy) is 1. The second-order valence-electron chi connectivity index (χ2n) is 9.90. The molecule has 1 aliphatic heterocycles. The van der Waals surface area contributed by atoms with Crippen molar-refractivity contribution in [2.75, 3.05) is 12.0 Å². The highest BCUT2D eigenvalue weighted by Crippen LogP contribution is 2.43. The zero-order valence-corrected chi connectivity index (χ0v) is 21.0. The third-order valence-corrected chi connectivity index (χ3v) is 6.42. The number of anilines is 1. The summed E-state index contributed by atoms with van der Waals surface area (Å²) >= 11 is 0. The van der Waals surface area contributed by atoms with Crippen LogP contribution in [0.1, 0.15) is 54.6 Å². The summed E-state index contributed by atoms with van der Waals surface area (Å²) in [4.78, 5) is 28.2. The SMILES string of the molecule is COc1ccc(C)cc1/C(O)=C1\C(=O)C(=O)N(c2ccc(C#N)cc2)C1c1ccc(C(C)(C)C)cc1. The van der Waals surface area contributed by atoms with Crippen LogP contribution in [0.3, 0.4) is 0 Å². The number of hydrogen-bond acceptors (Lipinski definition) is 5. The summed E-state index contributed by atoms with van der Waals surface area (Å²) < 4.78 is 5.44. The van der Waals surface area contributed by atoms with E-state index in [2.05, 4.69) is 26.8 Å². The molecule has 0 radical (unpaired) electrons. The van der Waals surface area contributed by atoms with Crippen molar-refractivity contribution >= 4 is 23.1 Å². The predicted octanol–water partition coefficient (Wildman–Crippen LogP) is 5.80. The van der Waals surface area contributed by atoms with Crippen LogP contribution in [0, 0.1) is 18.3 Å². The third-order valence-electron chi connectivity index (χ3n) is 6.42. The van der Waals surface area contributed by atoms with Crippen molar-refractivity contribution in [2.24, 2.45) is 0 Å². The van der Waals surface area contributed by atoms with Crippen molar-refractivity contribution < 1.29 is 19.4 Å². The molecule has 6 nitrogen and oxygen atoms in total. The van der Waals surface area contributed by atoms with Gasteiger partial charge in [-0.1, -0.05) is 56.7 Å². The minimum absolute atomic E-state index is 0.0169. The molecule has 1 heterocycles. The molecule has 6 heteroatoms. The molecule has 0 saturated carbocycles. The molecular weight excluding hydrogens is 452 g/mol. The number of amides is 1. The maximum Gasteiger partial charge on any atom is 0.300 e. The number of ketones is 1. The van der Waals surface area contributed by atoms with Gasteiger partial charge in [-0.25, -0.2) is 0 Å². The minimum atomic E-state index is -0.864. The Morgan fingerprint density at radius 2 is 1.64 bits per heavy atom. The first-order valence-electron chi connectivity index (χ1n) is 11.6. The first-order chi connectivity index (χ1) is 17.1. The fourth-order valence-electron chi connectivity index (χ4n) is 4.43. The molecule has 1 amide bonds. The highest BCUT2D eigenvalue weighted by molar-refractivity contribution is 6.51. The minimum Gasteiger partial charge on any atom is -0.507 e. The molecule has 3 aromatic rings. The normalized spacial score (nSPS) is 17.2. The number of carbonyl (C=O) groups is 2. The van der Waals surface area contributed by atoms with Crippen LogP contribution < -0.4 is 9.64 Å². The largest absolute Gasteiger partial charge is 0.507 e. The summed E-state index contributed by atoms with van der Waals surface area (Å²) in [5.41, 5.74) is 3.78. The summed E-state index contributed by atoms with van der Waals surface area (Å²) in [6.45, 7) is 8.19. The Bertz CT molecular complexity index is 1410. The van der Waals surface area contributed by atoms with Crippen LogP contribution in [0.2, 0.25) is 0 Å². The highest BCUT2D eigenvalue weighted by Gasteiger charge is 2.47. The molecule has 3 aromatic carbocycles. The third kappa shape index (κ3) is 4.36. The van der Waals surface area contributed by atoms with Crippen molar-refractivity contribution in [2.45, 2.75) is 39.2 Å². The quantitative estimate of drug-likeness (QED) is 0.290. The van der Waals surface area contributed by atoms with Crippen LogP contribution in [0.4, 0.5) is 5.69 Å². The lowest BCUT2D eigenvalue weighted by atomic mass is 9.85. The molecule has 1 unspecified atom stereocenters.